The maximum absolute atomic E-state index is 13.7. The highest BCUT2D eigenvalue weighted by Crippen LogP contribution is 2.23. The molecule has 2 amide bonds. The van der Waals surface area contributed by atoms with Gasteiger partial charge in [-0.1, -0.05) is 18.2 Å². The quantitative estimate of drug-likeness (QED) is 0.832. The minimum Gasteiger partial charge on any atom is -0.341 e. The van der Waals surface area contributed by atoms with Crippen LogP contribution in [0.3, 0.4) is 0 Å². The van der Waals surface area contributed by atoms with E-state index in [1.807, 2.05) is 17.0 Å². The van der Waals surface area contributed by atoms with Crippen molar-refractivity contribution in [3.8, 4) is 0 Å². The van der Waals surface area contributed by atoms with E-state index in [4.69, 9.17) is 0 Å². The fraction of sp³-hybridized carbons (Fsp3) is 0.579. The van der Waals surface area contributed by atoms with Gasteiger partial charge in [0.15, 0.2) is 0 Å². The number of halogens is 1. The standard InChI is InChI=1S/C19H25FN2O2/c20-17-7-2-1-6-16(17)10-9-15-5-3-11-21(13-15)19(24)14-22-12-4-8-18(22)23/h1-2,6-7,15H,3-5,8-14H2/t15-/m0/s1. The van der Waals surface area contributed by atoms with Crippen LogP contribution in [0.15, 0.2) is 24.3 Å². The Hall–Kier alpha value is -1.91. The molecule has 0 unspecified atom stereocenters. The van der Waals surface area contributed by atoms with Crippen LogP contribution in [0.2, 0.25) is 0 Å². The van der Waals surface area contributed by atoms with E-state index in [1.165, 1.54) is 6.07 Å². The number of amides is 2. The third-order valence-electron chi connectivity index (χ3n) is 5.15. The van der Waals surface area contributed by atoms with E-state index in [0.29, 0.717) is 25.3 Å². The Bertz CT molecular complexity index is 605. The van der Waals surface area contributed by atoms with Crippen LogP contribution >= 0.6 is 0 Å². The van der Waals surface area contributed by atoms with Gasteiger partial charge in [-0.3, -0.25) is 9.59 Å². The first-order chi connectivity index (χ1) is 11.6. The Labute approximate surface area is 142 Å². The number of carbonyl (C=O) groups is 2. The summed E-state index contributed by atoms with van der Waals surface area (Å²) in [4.78, 5) is 27.7. The minimum atomic E-state index is -0.145. The lowest BCUT2D eigenvalue weighted by Crippen LogP contribution is -2.45. The number of aryl methyl sites for hydroxylation is 1. The third kappa shape index (κ3) is 4.13. The van der Waals surface area contributed by atoms with Gasteiger partial charge >= 0.3 is 0 Å². The van der Waals surface area contributed by atoms with Crippen LogP contribution in [0.5, 0.6) is 0 Å². The Morgan fingerprint density at radius 3 is 2.79 bits per heavy atom. The number of benzene rings is 1. The SMILES string of the molecule is O=C1CCCN1CC(=O)N1CCC[C@@H](CCc2ccccc2F)C1. The van der Waals surface area contributed by atoms with E-state index in [-0.39, 0.29) is 24.2 Å². The molecule has 1 atom stereocenters. The van der Waals surface area contributed by atoms with Gasteiger partial charge in [0.1, 0.15) is 5.82 Å². The molecule has 2 aliphatic heterocycles. The average molecular weight is 332 g/mol. The molecule has 5 heteroatoms. The molecule has 0 N–H and O–H groups in total. The Kier molecular flexibility index (Phi) is 5.48. The first-order valence-corrected chi connectivity index (χ1v) is 8.92. The number of piperidine rings is 1. The summed E-state index contributed by atoms with van der Waals surface area (Å²) in [5, 5.41) is 0. The number of likely N-dealkylation sites (tertiary alicyclic amines) is 2. The zero-order valence-electron chi connectivity index (χ0n) is 14.0. The van der Waals surface area contributed by atoms with Crippen LogP contribution in [-0.2, 0) is 16.0 Å². The smallest absolute Gasteiger partial charge is 0.242 e. The van der Waals surface area contributed by atoms with E-state index in [0.717, 1.165) is 44.3 Å². The molecule has 130 valence electrons. The highest BCUT2D eigenvalue weighted by atomic mass is 19.1. The normalized spacial score (nSPS) is 21.4. The number of carbonyl (C=O) groups excluding carboxylic acids is 2. The first-order valence-electron chi connectivity index (χ1n) is 8.92. The predicted molar refractivity (Wildman–Crippen MR) is 89.8 cm³/mol. The monoisotopic (exact) mass is 332 g/mol. The van der Waals surface area contributed by atoms with Crippen molar-refractivity contribution in [3.05, 3.63) is 35.6 Å². The summed E-state index contributed by atoms with van der Waals surface area (Å²) in [6.45, 7) is 2.43. The predicted octanol–water partition coefficient (Wildman–Crippen LogP) is 2.62. The van der Waals surface area contributed by atoms with E-state index >= 15 is 0 Å². The van der Waals surface area contributed by atoms with Crippen LogP contribution in [0, 0.1) is 11.7 Å². The van der Waals surface area contributed by atoms with Crippen LogP contribution in [-0.4, -0.2) is 47.8 Å². The maximum Gasteiger partial charge on any atom is 0.242 e. The molecule has 0 aliphatic carbocycles. The van der Waals surface area contributed by atoms with E-state index in [9.17, 15) is 14.0 Å². The number of nitrogens with zero attached hydrogens (tertiary/aromatic N) is 2. The number of rotatable bonds is 5. The minimum absolute atomic E-state index is 0.0563. The molecular formula is C19H25FN2O2. The van der Waals surface area contributed by atoms with Gasteiger partial charge in [0.2, 0.25) is 11.8 Å². The van der Waals surface area contributed by atoms with Gasteiger partial charge in [0.05, 0.1) is 6.54 Å². The molecule has 0 spiro atoms. The summed E-state index contributed by atoms with van der Waals surface area (Å²) < 4.78 is 13.7. The van der Waals surface area contributed by atoms with Gasteiger partial charge < -0.3 is 9.80 Å². The third-order valence-corrected chi connectivity index (χ3v) is 5.15. The van der Waals surface area contributed by atoms with Gasteiger partial charge in [-0.25, -0.2) is 4.39 Å². The second-order valence-electron chi connectivity index (χ2n) is 6.90. The Balaban J connectivity index is 1.49. The molecule has 2 aliphatic rings. The van der Waals surface area contributed by atoms with Crippen molar-refractivity contribution in [3.63, 3.8) is 0 Å². The molecule has 2 saturated heterocycles. The van der Waals surface area contributed by atoms with Gasteiger partial charge in [-0.15, -0.1) is 0 Å². The molecular weight excluding hydrogens is 307 g/mol. The number of hydrogen-bond donors (Lipinski definition) is 0. The molecule has 1 aromatic carbocycles. The topological polar surface area (TPSA) is 40.6 Å². The van der Waals surface area contributed by atoms with E-state index in [2.05, 4.69) is 0 Å². The summed E-state index contributed by atoms with van der Waals surface area (Å²) in [6, 6.07) is 6.90. The molecule has 4 nitrogen and oxygen atoms in total. The lowest BCUT2D eigenvalue weighted by molar-refractivity contribution is -0.139. The van der Waals surface area contributed by atoms with Gasteiger partial charge in [-0.2, -0.15) is 0 Å². The van der Waals surface area contributed by atoms with Gasteiger partial charge in [0.25, 0.3) is 0 Å². The Morgan fingerprint density at radius 2 is 2.04 bits per heavy atom. The molecule has 3 rings (SSSR count). The van der Waals surface area contributed by atoms with Gasteiger partial charge in [0, 0.05) is 26.1 Å². The zero-order valence-corrected chi connectivity index (χ0v) is 14.0. The highest BCUT2D eigenvalue weighted by Gasteiger charge is 2.28. The van der Waals surface area contributed by atoms with Crippen LogP contribution in [0.25, 0.3) is 0 Å². The van der Waals surface area contributed by atoms with Crippen LogP contribution in [0.4, 0.5) is 4.39 Å². The molecule has 2 fully saturated rings. The largest absolute Gasteiger partial charge is 0.341 e. The molecule has 1 aromatic rings. The molecule has 2 heterocycles. The van der Waals surface area contributed by atoms with Gasteiger partial charge in [-0.05, 0) is 49.7 Å². The zero-order chi connectivity index (χ0) is 16.9. The molecule has 0 aromatic heterocycles. The van der Waals surface area contributed by atoms with Crippen molar-refractivity contribution in [1.29, 1.82) is 0 Å². The average Bonchev–Trinajstić information content (AvgIpc) is 2.99. The first kappa shape index (κ1) is 16.9. The van der Waals surface area contributed by atoms with Crippen LogP contribution < -0.4 is 0 Å². The summed E-state index contributed by atoms with van der Waals surface area (Å²) in [7, 11) is 0. The van der Waals surface area contributed by atoms with Crippen molar-refractivity contribution in [2.75, 3.05) is 26.2 Å². The molecule has 0 bridgehead atoms. The summed E-state index contributed by atoms with van der Waals surface area (Å²) >= 11 is 0. The molecule has 0 radical (unpaired) electrons. The summed E-state index contributed by atoms with van der Waals surface area (Å²) in [5.74, 6) is 0.419. The second kappa shape index (κ2) is 7.77. The lowest BCUT2D eigenvalue weighted by Gasteiger charge is -2.34. The summed E-state index contributed by atoms with van der Waals surface area (Å²) in [6.07, 6.45) is 5.11. The van der Waals surface area contributed by atoms with Crippen molar-refractivity contribution in [1.82, 2.24) is 9.80 Å². The lowest BCUT2D eigenvalue weighted by atomic mass is 9.91. The molecule has 24 heavy (non-hydrogen) atoms. The van der Waals surface area contributed by atoms with Crippen molar-refractivity contribution in [2.45, 2.75) is 38.5 Å². The fourth-order valence-corrected chi connectivity index (χ4v) is 3.72. The fourth-order valence-electron chi connectivity index (χ4n) is 3.72. The van der Waals surface area contributed by atoms with Crippen molar-refractivity contribution in [2.24, 2.45) is 5.92 Å². The molecule has 0 saturated carbocycles. The second-order valence-corrected chi connectivity index (χ2v) is 6.90. The van der Waals surface area contributed by atoms with Crippen molar-refractivity contribution < 1.29 is 14.0 Å². The van der Waals surface area contributed by atoms with Crippen LogP contribution in [0.1, 0.15) is 37.7 Å². The highest BCUT2D eigenvalue weighted by molar-refractivity contribution is 5.85. The van der Waals surface area contributed by atoms with E-state index in [1.54, 1.807) is 11.0 Å². The van der Waals surface area contributed by atoms with Crippen molar-refractivity contribution >= 4 is 11.8 Å². The van der Waals surface area contributed by atoms with E-state index < -0.39 is 0 Å². The Morgan fingerprint density at radius 1 is 1.21 bits per heavy atom. The summed E-state index contributed by atoms with van der Waals surface area (Å²) in [5.41, 5.74) is 0.753. The number of hydrogen-bond acceptors (Lipinski definition) is 2. The maximum atomic E-state index is 13.7.